The summed E-state index contributed by atoms with van der Waals surface area (Å²) in [4.78, 5) is 29.5. The summed E-state index contributed by atoms with van der Waals surface area (Å²) in [5, 5.41) is 24.6. The summed E-state index contributed by atoms with van der Waals surface area (Å²) in [7, 11) is 3.18. The Morgan fingerprint density at radius 1 is 1.07 bits per heavy atom. The highest BCUT2D eigenvalue weighted by Crippen LogP contribution is 2.48. The number of piperidine rings is 1. The third kappa shape index (κ3) is 4.78. The smallest absolute Gasteiger partial charge is 0.250 e. The van der Waals surface area contributed by atoms with Crippen LogP contribution in [0.2, 0.25) is 0 Å². The third-order valence-corrected chi connectivity index (χ3v) is 9.28. The van der Waals surface area contributed by atoms with Crippen molar-refractivity contribution < 1.29 is 19.5 Å². The van der Waals surface area contributed by atoms with Crippen LogP contribution in [0.5, 0.6) is 11.5 Å². The van der Waals surface area contributed by atoms with Gasteiger partial charge in [-0.1, -0.05) is 26.0 Å². The normalized spacial score (nSPS) is 22.9. The van der Waals surface area contributed by atoms with Gasteiger partial charge in [0, 0.05) is 42.5 Å². The molecule has 3 aliphatic rings. The number of methoxy groups -OCH3 is 2. The molecule has 2 bridgehead atoms. The Morgan fingerprint density at radius 2 is 1.86 bits per heavy atom. The second kappa shape index (κ2) is 11.0. The van der Waals surface area contributed by atoms with Crippen molar-refractivity contribution in [2.75, 3.05) is 30.9 Å². The maximum absolute atomic E-state index is 14.3. The number of pyridine rings is 1. The van der Waals surface area contributed by atoms with Gasteiger partial charge >= 0.3 is 0 Å². The Hall–Kier alpha value is -4.02. The molecule has 10 heteroatoms. The fourth-order valence-corrected chi connectivity index (χ4v) is 7.40. The van der Waals surface area contributed by atoms with Crippen LogP contribution in [0.1, 0.15) is 49.0 Å². The monoisotopic (exact) mass is 573 g/mol. The number of aromatic nitrogens is 1. The molecule has 5 atom stereocenters. The molecule has 0 spiro atoms. The zero-order chi connectivity index (χ0) is 29.7. The van der Waals surface area contributed by atoms with Gasteiger partial charge in [-0.2, -0.15) is 0 Å². The van der Waals surface area contributed by atoms with Crippen LogP contribution < -0.4 is 30.5 Å². The summed E-state index contributed by atoms with van der Waals surface area (Å²) < 4.78 is 12.8. The minimum atomic E-state index is -0.431. The number of anilines is 2. The molecule has 4 heterocycles. The molecule has 6 rings (SSSR count). The van der Waals surface area contributed by atoms with Gasteiger partial charge in [0.1, 0.15) is 0 Å². The first kappa shape index (κ1) is 28.1. The Labute approximate surface area is 245 Å². The summed E-state index contributed by atoms with van der Waals surface area (Å²) >= 11 is 0. The van der Waals surface area contributed by atoms with Crippen molar-refractivity contribution in [3.8, 4) is 11.5 Å². The van der Waals surface area contributed by atoms with Crippen molar-refractivity contribution >= 4 is 17.3 Å². The number of nitrogens with zero attached hydrogens (tertiary/aromatic N) is 3. The lowest BCUT2D eigenvalue weighted by Crippen LogP contribution is -2.61. The number of fused-ring (bicyclic) bond motifs is 8. The van der Waals surface area contributed by atoms with Crippen LogP contribution in [-0.2, 0) is 17.8 Å². The van der Waals surface area contributed by atoms with Crippen LogP contribution in [0.25, 0.3) is 0 Å². The van der Waals surface area contributed by atoms with Crippen molar-refractivity contribution in [2.24, 2.45) is 17.8 Å². The minimum Gasteiger partial charge on any atom is -0.733 e. The fraction of sp³-hybridized carbons (Fsp3) is 0.438. The SMILES string of the molecule is COc1ccc(C(NC(=O)C2Cc3cc(N([O-])O)ccc3N3CC4CC(Cn5c4cccc5=O)C23)C(C)C)cc1OC. The van der Waals surface area contributed by atoms with Crippen molar-refractivity contribution in [1.82, 2.24) is 9.88 Å². The summed E-state index contributed by atoms with van der Waals surface area (Å²) in [5.41, 5.74) is 3.87. The van der Waals surface area contributed by atoms with E-state index < -0.39 is 5.92 Å². The van der Waals surface area contributed by atoms with Crippen molar-refractivity contribution in [3.63, 3.8) is 0 Å². The van der Waals surface area contributed by atoms with Gasteiger partial charge in [0.25, 0.3) is 5.56 Å². The molecular weight excluding hydrogens is 536 g/mol. The van der Waals surface area contributed by atoms with Gasteiger partial charge in [0.05, 0.1) is 31.9 Å². The topological polar surface area (TPSA) is 119 Å². The standard InChI is InChI=1S/C32H37N4O6/c1-18(2)30(19-8-11-27(41-3)28(15-19)42-4)33-32(38)24-14-20-13-23(36(39)40)9-10-26(20)35-16-21-12-22(31(24)35)17-34-25(21)6-5-7-29(34)37/h5-11,13,15,18,21-22,24,30-31,39H,12,14,16-17H2,1-4H3,(H,33,38)/q-1. The Morgan fingerprint density at radius 3 is 2.57 bits per heavy atom. The predicted molar refractivity (Wildman–Crippen MR) is 159 cm³/mol. The van der Waals surface area contributed by atoms with Gasteiger partial charge < -0.3 is 34.7 Å². The van der Waals surface area contributed by atoms with E-state index in [9.17, 15) is 20.0 Å². The van der Waals surface area contributed by atoms with Crippen LogP contribution in [-0.4, -0.2) is 42.5 Å². The molecule has 10 nitrogen and oxygen atoms in total. The van der Waals surface area contributed by atoms with Crippen LogP contribution in [0, 0.1) is 23.0 Å². The summed E-state index contributed by atoms with van der Waals surface area (Å²) in [6.07, 6.45) is 1.31. The molecule has 2 N–H and O–H groups in total. The number of nitrogens with one attached hydrogen (secondary N) is 1. The second-order valence-corrected chi connectivity index (χ2v) is 12.0. The van der Waals surface area contributed by atoms with E-state index in [1.165, 1.54) is 0 Å². The van der Waals surface area contributed by atoms with Crippen molar-refractivity contribution in [3.05, 3.63) is 87.0 Å². The largest absolute Gasteiger partial charge is 0.733 e. The maximum Gasteiger partial charge on any atom is 0.250 e. The summed E-state index contributed by atoms with van der Waals surface area (Å²) in [5.74, 6) is 1.02. The highest BCUT2D eigenvalue weighted by atomic mass is 16.8. The van der Waals surface area contributed by atoms with Crippen molar-refractivity contribution in [1.29, 1.82) is 0 Å². The predicted octanol–water partition coefficient (Wildman–Crippen LogP) is 4.24. The zero-order valence-electron chi connectivity index (χ0n) is 24.3. The van der Waals surface area contributed by atoms with Crippen LogP contribution in [0.15, 0.2) is 59.4 Å². The van der Waals surface area contributed by atoms with Crippen LogP contribution >= 0.6 is 0 Å². The number of amides is 1. The van der Waals surface area contributed by atoms with Crippen molar-refractivity contribution in [2.45, 2.75) is 51.2 Å². The van der Waals surface area contributed by atoms with E-state index in [1.807, 2.05) is 41.0 Å². The first-order valence-electron chi connectivity index (χ1n) is 14.5. The molecule has 42 heavy (non-hydrogen) atoms. The molecule has 0 aliphatic carbocycles. The summed E-state index contributed by atoms with van der Waals surface area (Å²) in [6.45, 7) is 5.34. The highest BCUT2D eigenvalue weighted by molar-refractivity contribution is 5.83. The number of benzene rings is 2. The molecule has 0 radical (unpaired) electrons. The average molecular weight is 574 g/mol. The molecule has 5 unspecified atom stereocenters. The van der Waals surface area contributed by atoms with Gasteiger partial charge in [-0.05, 0) is 72.2 Å². The first-order valence-corrected chi connectivity index (χ1v) is 14.5. The van der Waals surface area contributed by atoms with Gasteiger partial charge in [-0.3, -0.25) is 14.8 Å². The molecule has 1 saturated heterocycles. The molecule has 1 amide bonds. The Kier molecular flexibility index (Phi) is 7.36. The number of ether oxygens (including phenoxy) is 2. The minimum absolute atomic E-state index is 0.00990. The molecule has 3 aliphatic heterocycles. The molecule has 222 valence electrons. The lowest BCUT2D eigenvalue weighted by Gasteiger charge is -2.54. The lowest BCUT2D eigenvalue weighted by atomic mass is 9.70. The molecular formula is C32H37N4O6-. The zero-order valence-corrected chi connectivity index (χ0v) is 24.3. The van der Waals surface area contributed by atoms with E-state index in [4.69, 9.17) is 9.47 Å². The maximum atomic E-state index is 14.3. The van der Waals surface area contributed by atoms with E-state index in [0.717, 1.165) is 28.9 Å². The van der Waals surface area contributed by atoms with E-state index in [-0.39, 0.29) is 52.2 Å². The van der Waals surface area contributed by atoms with Gasteiger partial charge in [0.15, 0.2) is 11.5 Å². The van der Waals surface area contributed by atoms with E-state index in [0.29, 0.717) is 31.0 Å². The third-order valence-electron chi connectivity index (χ3n) is 9.28. The fourth-order valence-electron chi connectivity index (χ4n) is 7.40. The van der Waals surface area contributed by atoms with Gasteiger partial charge in [-0.15, -0.1) is 0 Å². The van der Waals surface area contributed by atoms with Gasteiger partial charge in [0.2, 0.25) is 5.91 Å². The number of carbonyl (C=O) groups excluding carboxylic acids is 1. The van der Waals surface area contributed by atoms with Crippen LogP contribution in [0.4, 0.5) is 11.4 Å². The highest BCUT2D eigenvalue weighted by Gasteiger charge is 2.49. The second-order valence-electron chi connectivity index (χ2n) is 12.0. The summed E-state index contributed by atoms with van der Waals surface area (Å²) in [6, 6.07) is 15.9. The number of carbonyl (C=O) groups is 1. The van der Waals surface area contributed by atoms with Crippen LogP contribution in [0.3, 0.4) is 0 Å². The van der Waals surface area contributed by atoms with E-state index >= 15 is 0 Å². The van der Waals surface area contributed by atoms with E-state index in [1.54, 1.807) is 32.4 Å². The van der Waals surface area contributed by atoms with Gasteiger partial charge in [-0.25, -0.2) is 0 Å². The average Bonchev–Trinajstić information content (AvgIpc) is 2.99. The van der Waals surface area contributed by atoms with E-state index in [2.05, 4.69) is 24.1 Å². The molecule has 2 aromatic carbocycles. The Bertz CT molecular complexity index is 1550. The first-order chi connectivity index (χ1) is 20.2. The quantitative estimate of drug-likeness (QED) is 0.403. The molecule has 3 aromatic rings. The lowest BCUT2D eigenvalue weighted by molar-refractivity contribution is -0.127. The molecule has 1 fully saturated rings. The molecule has 0 saturated carbocycles. The number of hydrogen-bond donors (Lipinski definition) is 2. The number of hydrogen-bond acceptors (Lipinski definition) is 8. The molecule has 1 aromatic heterocycles. The number of rotatable bonds is 7. The Balaban J connectivity index is 1.38.